The molecule has 1 saturated carbocycles. The molecule has 1 aliphatic carbocycles. The van der Waals surface area contributed by atoms with Crippen LogP contribution in [0.3, 0.4) is 0 Å². The Hall–Kier alpha value is -3.26. The third kappa shape index (κ3) is 3.99. The molecule has 8 heteroatoms. The van der Waals surface area contributed by atoms with Gasteiger partial charge in [-0.2, -0.15) is 0 Å². The maximum absolute atomic E-state index is 12.1. The van der Waals surface area contributed by atoms with Crippen LogP contribution in [0.5, 0.6) is 5.88 Å². The topological polar surface area (TPSA) is 112 Å². The maximum Gasteiger partial charge on any atom is 0.340 e. The van der Waals surface area contributed by atoms with E-state index in [4.69, 9.17) is 20.2 Å². The maximum atomic E-state index is 12.1. The van der Waals surface area contributed by atoms with Gasteiger partial charge in [-0.1, -0.05) is 20.8 Å². The molecule has 1 aliphatic heterocycles. The van der Waals surface area contributed by atoms with Gasteiger partial charge >= 0.3 is 5.97 Å². The molecule has 0 aromatic carbocycles. The van der Waals surface area contributed by atoms with Gasteiger partial charge in [0.2, 0.25) is 5.88 Å². The Morgan fingerprint density at radius 3 is 2.73 bits per heavy atom. The van der Waals surface area contributed by atoms with Crippen LogP contribution >= 0.6 is 0 Å². The highest BCUT2D eigenvalue weighted by molar-refractivity contribution is 5.93. The molecule has 0 saturated heterocycles. The first-order chi connectivity index (χ1) is 15.7. The van der Waals surface area contributed by atoms with Crippen LogP contribution in [0.15, 0.2) is 30.6 Å². The monoisotopic (exact) mass is 447 g/mol. The molecule has 0 unspecified atom stereocenters. The SMILES string of the molecule is CC[C@](C)(N)c1cnc(OC2CC2)c2cnc(Nc3ccc4c(n3)C(C)(C)COC4=O)cc12. The highest BCUT2D eigenvalue weighted by atomic mass is 16.5. The number of nitrogens with one attached hydrogen (secondary N) is 1. The molecule has 4 heterocycles. The van der Waals surface area contributed by atoms with E-state index in [0.29, 0.717) is 29.7 Å². The Morgan fingerprint density at radius 1 is 1.21 bits per heavy atom. The first-order valence-corrected chi connectivity index (χ1v) is 11.4. The van der Waals surface area contributed by atoms with E-state index < -0.39 is 5.54 Å². The summed E-state index contributed by atoms with van der Waals surface area (Å²) in [6, 6.07) is 5.48. The lowest BCUT2D eigenvalue weighted by molar-refractivity contribution is 0.0366. The molecule has 3 N–H and O–H groups in total. The molecule has 1 atom stereocenters. The summed E-state index contributed by atoms with van der Waals surface area (Å²) in [4.78, 5) is 26.0. The zero-order chi connectivity index (χ0) is 23.4. The second kappa shape index (κ2) is 7.66. The number of hydrogen-bond donors (Lipinski definition) is 2. The molecule has 3 aromatic rings. The molecule has 2 aliphatic rings. The van der Waals surface area contributed by atoms with E-state index in [-0.39, 0.29) is 17.5 Å². The predicted molar refractivity (Wildman–Crippen MR) is 126 cm³/mol. The van der Waals surface area contributed by atoms with Crippen molar-refractivity contribution in [1.82, 2.24) is 15.0 Å². The summed E-state index contributed by atoms with van der Waals surface area (Å²) < 4.78 is 11.3. The van der Waals surface area contributed by atoms with Crippen molar-refractivity contribution in [3.63, 3.8) is 0 Å². The van der Waals surface area contributed by atoms with E-state index in [2.05, 4.69) is 22.2 Å². The fourth-order valence-electron chi connectivity index (χ4n) is 4.00. The zero-order valence-electron chi connectivity index (χ0n) is 19.4. The Labute approximate surface area is 192 Å². The van der Waals surface area contributed by atoms with Crippen LogP contribution < -0.4 is 15.8 Å². The highest BCUT2D eigenvalue weighted by Crippen LogP contribution is 2.37. The fraction of sp³-hybridized carbons (Fsp3) is 0.440. The summed E-state index contributed by atoms with van der Waals surface area (Å²) >= 11 is 0. The molecule has 33 heavy (non-hydrogen) atoms. The first kappa shape index (κ1) is 21.6. The number of rotatable bonds is 6. The van der Waals surface area contributed by atoms with E-state index in [9.17, 15) is 4.79 Å². The normalized spacial score (nSPS) is 18.9. The van der Waals surface area contributed by atoms with E-state index in [0.717, 1.165) is 41.3 Å². The van der Waals surface area contributed by atoms with E-state index in [1.165, 1.54) is 0 Å². The average molecular weight is 448 g/mol. The Kier molecular flexibility index (Phi) is 5.01. The van der Waals surface area contributed by atoms with E-state index in [1.807, 2.05) is 33.0 Å². The van der Waals surface area contributed by atoms with Crippen LogP contribution in [0, 0.1) is 0 Å². The van der Waals surface area contributed by atoms with Crippen LogP contribution in [-0.4, -0.2) is 33.6 Å². The summed E-state index contributed by atoms with van der Waals surface area (Å²) in [5, 5.41) is 5.09. The number of aromatic nitrogens is 3. The second-order valence-corrected chi connectivity index (χ2v) is 9.86. The van der Waals surface area contributed by atoms with Crippen molar-refractivity contribution >= 4 is 28.4 Å². The van der Waals surface area contributed by atoms with Gasteiger partial charge in [-0.25, -0.2) is 19.7 Å². The number of fused-ring (bicyclic) bond motifs is 2. The summed E-state index contributed by atoms with van der Waals surface area (Å²) in [6.45, 7) is 8.39. The number of cyclic esters (lactones) is 1. The summed E-state index contributed by atoms with van der Waals surface area (Å²) in [5.41, 5.74) is 7.86. The van der Waals surface area contributed by atoms with Gasteiger partial charge < -0.3 is 20.5 Å². The van der Waals surface area contributed by atoms with Gasteiger partial charge in [-0.15, -0.1) is 0 Å². The van der Waals surface area contributed by atoms with Crippen molar-refractivity contribution in [1.29, 1.82) is 0 Å². The van der Waals surface area contributed by atoms with Crippen LogP contribution in [-0.2, 0) is 15.7 Å². The summed E-state index contributed by atoms with van der Waals surface area (Å²) in [7, 11) is 0. The van der Waals surface area contributed by atoms with Gasteiger partial charge in [-0.3, -0.25) is 0 Å². The molecule has 3 aromatic heterocycles. The molecule has 172 valence electrons. The number of nitrogens with zero attached hydrogens (tertiary/aromatic N) is 3. The minimum Gasteiger partial charge on any atom is -0.474 e. The number of pyridine rings is 3. The van der Waals surface area contributed by atoms with Gasteiger partial charge in [-0.05, 0) is 55.3 Å². The zero-order valence-corrected chi connectivity index (χ0v) is 19.4. The van der Waals surface area contributed by atoms with Gasteiger partial charge in [0.1, 0.15) is 24.3 Å². The van der Waals surface area contributed by atoms with Crippen molar-refractivity contribution in [2.75, 3.05) is 11.9 Å². The molecular weight excluding hydrogens is 418 g/mol. The van der Waals surface area contributed by atoms with Crippen molar-refractivity contribution in [3.8, 4) is 5.88 Å². The first-order valence-electron chi connectivity index (χ1n) is 11.4. The number of ether oxygens (including phenoxy) is 2. The standard InChI is InChI=1S/C25H29N5O3/c1-5-25(4,26)18-12-28-22(33-14-6-7-14)17-11-27-20(10-16(17)18)29-19-9-8-15-21(30-19)24(2,3)13-32-23(15)31/h8-12,14H,5-7,13,26H2,1-4H3,(H,27,29,30)/t25-/m0/s1. The number of nitrogens with two attached hydrogens (primary N) is 1. The number of hydrogen-bond acceptors (Lipinski definition) is 8. The highest BCUT2D eigenvalue weighted by Gasteiger charge is 2.35. The number of esters is 1. The van der Waals surface area contributed by atoms with Crippen molar-refractivity contribution in [2.45, 2.75) is 64.0 Å². The Balaban J connectivity index is 1.55. The van der Waals surface area contributed by atoms with Crippen LogP contribution in [0.2, 0.25) is 0 Å². The van der Waals surface area contributed by atoms with Gasteiger partial charge in [0.15, 0.2) is 0 Å². The smallest absolute Gasteiger partial charge is 0.340 e. The average Bonchev–Trinajstić information content (AvgIpc) is 3.61. The van der Waals surface area contributed by atoms with Gasteiger partial charge in [0, 0.05) is 23.3 Å². The number of carbonyl (C=O) groups is 1. The van der Waals surface area contributed by atoms with Crippen molar-refractivity contribution < 1.29 is 14.3 Å². The molecule has 0 amide bonds. The molecular formula is C25H29N5O3. The van der Waals surface area contributed by atoms with Crippen LogP contribution in [0.1, 0.15) is 68.6 Å². The minimum absolute atomic E-state index is 0.231. The van der Waals surface area contributed by atoms with Crippen LogP contribution in [0.4, 0.5) is 11.6 Å². The van der Waals surface area contributed by atoms with Crippen LogP contribution in [0.25, 0.3) is 10.8 Å². The minimum atomic E-state index is -0.545. The summed E-state index contributed by atoms with van der Waals surface area (Å²) in [5.74, 6) is 1.49. The van der Waals surface area contributed by atoms with E-state index >= 15 is 0 Å². The molecule has 0 bridgehead atoms. The lowest BCUT2D eigenvalue weighted by atomic mass is 9.85. The lowest BCUT2D eigenvalue weighted by Crippen LogP contribution is -2.35. The van der Waals surface area contributed by atoms with Crippen molar-refractivity contribution in [3.05, 3.63) is 47.4 Å². The quantitative estimate of drug-likeness (QED) is 0.537. The van der Waals surface area contributed by atoms with Gasteiger partial charge in [0.25, 0.3) is 0 Å². The third-order valence-corrected chi connectivity index (χ3v) is 6.46. The number of anilines is 2. The molecule has 0 radical (unpaired) electrons. The Morgan fingerprint density at radius 2 is 2.00 bits per heavy atom. The number of carbonyl (C=O) groups excluding carboxylic acids is 1. The largest absolute Gasteiger partial charge is 0.474 e. The lowest BCUT2D eigenvalue weighted by Gasteiger charge is -2.30. The molecule has 5 rings (SSSR count). The van der Waals surface area contributed by atoms with Crippen molar-refractivity contribution in [2.24, 2.45) is 5.73 Å². The Bertz CT molecular complexity index is 1250. The third-order valence-electron chi connectivity index (χ3n) is 6.46. The van der Waals surface area contributed by atoms with Gasteiger partial charge in [0.05, 0.1) is 16.6 Å². The predicted octanol–water partition coefficient (Wildman–Crippen LogP) is 4.34. The molecule has 0 spiro atoms. The fourth-order valence-corrected chi connectivity index (χ4v) is 4.00. The van der Waals surface area contributed by atoms with E-state index in [1.54, 1.807) is 18.3 Å². The molecule has 1 fully saturated rings. The second-order valence-electron chi connectivity index (χ2n) is 9.86. The summed E-state index contributed by atoms with van der Waals surface area (Å²) in [6.07, 6.45) is 6.69. The molecule has 8 nitrogen and oxygen atoms in total.